The number of piperazine rings is 1. The van der Waals surface area contributed by atoms with Gasteiger partial charge in [0.15, 0.2) is 0 Å². The number of amides is 1. The van der Waals surface area contributed by atoms with E-state index < -0.39 is 0 Å². The lowest BCUT2D eigenvalue weighted by molar-refractivity contribution is 0.0651. The standard InChI is InChI=1S/C14H19BrN2O2/c1-14(2)9-17(7-6-16-14)13(18)11-8-10(19-3)4-5-12(11)15/h4-5,8,16H,6-7,9H2,1-3H3. The topological polar surface area (TPSA) is 41.6 Å². The molecule has 5 heteroatoms. The highest BCUT2D eigenvalue weighted by Crippen LogP contribution is 2.25. The third-order valence-corrected chi connectivity index (χ3v) is 3.95. The van der Waals surface area contributed by atoms with Crippen molar-refractivity contribution in [3.05, 3.63) is 28.2 Å². The van der Waals surface area contributed by atoms with Crippen LogP contribution in [-0.2, 0) is 0 Å². The second-order valence-corrected chi connectivity index (χ2v) is 6.24. The quantitative estimate of drug-likeness (QED) is 0.906. The van der Waals surface area contributed by atoms with Crippen molar-refractivity contribution < 1.29 is 9.53 Å². The van der Waals surface area contributed by atoms with Gasteiger partial charge < -0.3 is 15.0 Å². The monoisotopic (exact) mass is 326 g/mol. The van der Waals surface area contributed by atoms with E-state index in [1.54, 1.807) is 13.2 Å². The number of benzene rings is 1. The summed E-state index contributed by atoms with van der Waals surface area (Å²) in [6.07, 6.45) is 0. The SMILES string of the molecule is COc1ccc(Br)c(C(=O)N2CCNC(C)(C)C2)c1. The van der Waals surface area contributed by atoms with Crippen molar-refractivity contribution in [2.75, 3.05) is 26.7 Å². The second kappa shape index (κ2) is 5.51. The van der Waals surface area contributed by atoms with Crippen molar-refractivity contribution in [1.82, 2.24) is 10.2 Å². The van der Waals surface area contributed by atoms with Gasteiger partial charge in [0, 0.05) is 29.6 Å². The highest BCUT2D eigenvalue weighted by molar-refractivity contribution is 9.10. The summed E-state index contributed by atoms with van der Waals surface area (Å²) < 4.78 is 5.98. The van der Waals surface area contributed by atoms with E-state index in [2.05, 4.69) is 35.1 Å². The Labute approximate surface area is 122 Å². The number of nitrogens with one attached hydrogen (secondary N) is 1. The van der Waals surface area contributed by atoms with Crippen LogP contribution in [0.1, 0.15) is 24.2 Å². The molecule has 0 bridgehead atoms. The molecule has 1 saturated heterocycles. The number of ether oxygens (including phenoxy) is 1. The predicted octanol–water partition coefficient (Wildman–Crippen LogP) is 2.28. The van der Waals surface area contributed by atoms with Crippen molar-refractivity contribution >= 4 is 21.8 Å². The molecule has 1 aromatic carbocycles. The van der Waals surface area contributed by atoms with E-state index in [0.29, 0.717) is 17.9 Å². The van der Waals surface area contributed by atoms with Gasteiger partial charge in [-0.05, 0) is 48.0 Å². The number of hydrogen-bond donors (Lipinski definition) is 1. The number of carbonyl (C=O) groups is 1. The lowest BCUT2D eigenvalue weighted by Gasteiger charge is -2.39. The van der Waals surface area contributed by atoms with Gasteiger partial charge in [-0.3, -0.25) is 4.79 Å². The maximum absolute atomic E-state index is 12.6. The molecule has 4 nitrogen and oxygen atoms in total. The summed E-state index contributed by atoms with van der Waals surface area (Å²) in [6, 6.07) is 5.46. The molecule has 104 valence electrons. The first-order chi connectivity index (χ1) is 8.93. The molecular formula is C14H19BrN2O2. The minimum atomic E-state index is -0.0424. The molecule has 0 saturated carbocycles. The molecule has 1 aliphatic heterocycles. The van der Waals surface area contributed by atoms with Gasteiger partial charge in [0.05, 0.1) is 12.7 Å². The Bertz CT molecular complexity index is 488. The lowest BCUT2D eigenvalue weighted by Crippen LogP contribution is -2.58. The first kappa shape index (κ1) is 14.3. The molecule has 2 rings (SSSR count). The fraction of sp³-hybridized carbons (Fsp3) is 0.500. The van der Waals surface area contributed by atoms with Crippen LogP contribution in [0.25, 0.3) is 0 Å². The lowest BCUT2D eigenvalue weighted by atomic mass is 10.0. The van der Waals surface area contributed by atoms with Gasteiger partial charge in [-0.1, -0.05) is 0 Å². The van der Waals surface area contributed by atoms with Gasteiger partial charge >= 0.3 is 0 Å². The number of halogens is 1. The summed E-state index contributed by atoms with van der Waals surface area (Å²) in [5.74, 6) is 0.737. The minimum absolute atomic E-state index is 0.0420. The Morgan fingerprint density at radius 3 is 2.84 bits per heavy atom. The largest absolute Gasteiger partial charge is 0.497 e. The molecule has 19 heavy (non-hydrogen) atoms. The van der Waals surface area contributed by atoms with Crippen LogP contribution in [0.2, 0.25) is 0 Å². The fourth-order valence-electron chi connectivity index (χ4n) is 2.28. The van der Waals surface area contributed by atoms with Gasteiger partial charge in [0.1, 0.15) is 5.75 Å². The van der Waals surface area contributed by atoms with Gasteiger partial charge in [-0.15, -0.1) is 0 Å². The van der Waals surface area contributed by atoms with Crippen LogP contribution >= 0.6 is 15.9 Å². The van der Waals surface area contributed by atoms with Crippen molar-refractivity contribution in [2.24, 2.45) is 0 Å². The van der Waals surface area contributed by atoms with E-state index in [-0.39, 0.29) is 11.4 Å². The van der Waals surface area contributed by atoms with Crippen LogP contribution in [0.3, 0.4) is 0 Å². The van der Waals surface area contributed by atoms with Crippen LogP contribution in [0.4, 0.5) is 0 Å². The Balaban J connectivity index is 2.24. The van der Waals surface area contributed by atoms with E-state index in [9.17, 15) is 4.79 Å². The highest BCUT2D eigenvalue weighted by Gasteiger charge is 2.29. The number of nitrogens with zero attached hydrogens (tertiary/aromatic N) is 1. The predicted molar refractivity (Wildman–Crippen MR) is 78.7 cm³/mol. The van der Waals surface area contributed by atoms with Crippen LogP contribution in [0, 0.1) is 0 Å². The van der Waals surface area contributed by atoms with E-state index in [0.717, 1.165) is 17.6 Å². The molecule has 0 aliphatic carbocycles. The average molecular weight is 327 g/mol. The molecule has 1 heterocycles. The number of rotatable bonds is 2. The zero-order valence-electron chi connectivity index (χ0n) is 11.5. The van der Waals surface area contributed by atoms with Crippen LogP contribution in [0.15, 0.2) is 22.7 Å². The smallest absolute Gasteiger partial charge is 0.255 e. The summed E-state index contributed by atoms with van der Waals surface area (Å²) in [7, 11) is 1.60. The van der Waals surface area contributed by atoms with Crippen LogP contribution in [0.5, 0.6) is 5.75 Å². The Kier molecular flexibility index (Phi) is 4.16. The zero-order valence-corrected chi connectivity index (χ0v) is 13.1. The molecule has 0 aromatic heterocycles. The van der Waals surface area contributed by atoms with Crippen molar-refractivity contribution in [1.29, 1.82) is 0 Å². The van der Waals surface area contributed by atoms with Crippen LogP contribution in [-0.4, -0.2) is 43.1 Å². The van der Waals surface area contributed by atoms with Crippen molar-refractivity contribution in [3.8, 4) is 5.75 Å². The summed E-state index contributed by atoms with van der Waals surface area (Å²) in [5.41, 5.74) is 0.608. The van der Waals surface area contributed by atoms with E-state index >= 15 is 0 Å². The minimum Gasteiger partial charge on any atom is -0.497 e. The highest BCUT2D eigenvalue weighted by atomic mass is 79.9. The Morgan fingerprint density at radius 2 is 2.21 bits per heavy atom. The van der Waals surface area contributed by atoms with Crippen molar-refractivity contribution in [3.63, 3.8) is 0 Å². The van der Waals surface area contributed by atoms with Gasteiger partial charge in [-0.2, -0.15) is 0 Å². The van der Waals surface area contributed by atoms with Gasteiger partial charge in [-0.25, -0.2) is 0 Å². The maximum atomic E-state index is 12.6. The molecule has 1 amide bonds. The molecule has 0 spiro atoms. The molecular weight excluding hydrogens is 308 g/mol. The summed E-state index contributed by atoms with van der Waals surface area (Å²) in [5, 5.41) is 3.40. The Hall–Kier alpha value is -1.07. The third-order valence-electron chi connectivity index (χ3n) is 3.26. The first-order valence-corrected chi connectivity index (χ1v) is 7.10. The van der Waals surface area contributed by atoms with Gasteiger partial charge in [0.2, 0.25) is 0 Å². The van der Waals surface area contributed by atoms with E-state index in [4.69, 9.17) is 4.74 Å². The maximum Gasteiger partial charge on any atom is 0.255 e. The summed E-state index contributed by atoms with van der Waals surface area (Å²) in [4.78, 5) is 14.5. The number of hydrogen-bond acceptors (Lipinski definition) is 3. The first-order valence-electron chi connectivity index (χ1n) is 6.31. The molecule has 0 unspecified atom stereocenters. The Morgan fingerprint density at radius 1 is 1.47 bits per heavy atom. The molecule has 0 atom stereocenters. The average Bonchev–Trinajstić information content (AvgIpc) is 2.37. The molecule has 1 aliphatic rings. The van der Waals surface area contributed by atoms with Crippen LogP contribution < -0.4 is 10.1 Å². The molecule has 1 aromatic rings. The third kappa shape index (κ3) is 3.28. The fourth-order valence-corrected chi connectivity index (χ4v) is 2.70. The molecule has 1 fully saturated rings. The van der Waals surface area contributed by atoms with E-state index in [1.807, 2.05) is 17.0 Å². The number of methoxy groups -OCH3 is 1. The summed E-state index contributed by atoms with van der Waals surface area (Å²) >= 11 is 3.44. The second-order valence-electron chi connectivity index (χ2n) is 5.38. The molecule has 0 radical (unpaired) electrons. The normalized spacial score (nSPS) is 18.2. The summed E-state index contributed by atoms with van der Waals surface area (Å²) in [6.45, 7) is 6.46. The molecule has 1 N–H and O–H groups in total. The van der Waals surface area contributed by atoms with Gasteiger partial charge in [0.25, 0.3) is 5.91 Å². The van der Waals surface area contributed by atoms with Crippen molar-refractivity contribution in [2.45, 2.75) is 19.4 Å². The number of carbonyl (C=O) groups excluding carboxylic acids is 1. The van der Waals surface area contributed by atoms with E-state index in [1.165, 1.54) is 0 Å². The zero-order chi connectivity index (χ0) is 14.0.